The zero-order valence-electron chi connectivity index (χ0n) is 12.2. The molecule has 1 aliphatic heterocycles. The van der Waals surface area contributed by atoms with Gasteiger partial charge >= 0.3 is 12.1 Å². The zero-order chi connectivity index (χ0) is 16.6. The molecule has 3 rings (SSSR count). The van der Waals surface area contributed by atoms with E-state index < -0.39 is 29.9 Å². The molecule has 1 heterocycles. The van der Waals surface area contributed by atoms with Crippen LogP contribution in [0.15, 0.2) is 42.0 Å². The highest BCUT2D eigenvalue weighted by molar-refractivity contribution is 6.22. The van der Waals surface area contributed by atoms with Crippen molar-refractivity contribution in [3.8, 4) is 5.75 Å². The van der Waals surface area contributed by atoms with Gasteiger partial charge in [-0.05, 0) is 23.8 Å². The van der Waals surface area contributed by atoms with E-state index in [-0.39, 0.29) is 17.9 Å². The van der Waals surface area contributed by atoms with Gasteiger partial charge in [0.1, 0.15) is 12.4 Å². The van der Waals surface area contributed by atoms with Gasteiger partial charge in [0.25, 0.3) is 0 Å². The lowest BCUT2D eigenvalue weighted by molar-refractivity contribution is -0.137. The minimum absolute atomic E-state index is 0.00553. The highest BCUT2D eigenvalue weighted by Gasteiger charge is 2.42. The van der Waals surface area contributed by atoms with E-state index in [4.69, 9.17) is 9.47 Å². The molecule has 3 nitrogen and oxygen atoms in total. The average molecular weight is 322 g/mol. The molecule has 0 saturated heterocycles. The Morgan fingerprint density at radius 3 is 2.65 bits per heavy atom. The smallest absolute Gasteiger partial charge is 0.416 e. The molecule has 2 aromatic rings. The summed E-state index contributed by atoms with van der Waals surface area (Å²) in [6, 6.07) is 10.2. The van der Waals surface area contributed by atoms with Gasteiger partial charge in [0.2, 0.25) is 0 Å². The Morgan fingerprint density at radius 2 is 1.96 bits per heavy atom. The first-order valence-electron chi connectivity index (χ1n) is 7.06. The molecule has 0 aliphatic carbocycles. The maximum atomic E-state index is 13.3. The minimum Gasteiger partial charge on any atom is -0.488 e. The van der Waals surface area contributed by atoms with Crippen molar-refractivity contribution in [2.45, 2.75) is 13.1 Å². The zero-order valence-corrected chi connectivity index (χ0v) is 12.2. The molecule has 120 valence electrons. The van der Waals surface area contributed by atoms with Crippen LogP contribution in [0.2, 0.25) is 0 Å². The number of benzene rings is 2. The van der Waals surface area contributed by atoms with E-state index in [1.165, 1.54) is 0 Å². The van der Waals surface area contributed by atoms with E-state index in [9.17, 15) is 18.0 Å². The first-order valence-corrected chi connectivity index (χ1v) is 7.06. The van der Waals surface area contributed by atoms with Crippen LogP contribution >= 0.6 is 0 Å². The molecule has 6 heteroatoms. The van der Waals surface area contributed by atoms with E-state index in [2.05, 4.69) is 0 Å². The summed E-state index contributed by atoms with van der Waals surface area (Å²) < 4.78 is 50.1. The van der Waals surface area contributed by atoms with Crippen LogP contribution in [0.5, 0.6) is 5.75 Å². The van der Waals surface area contributed by atoms with Crippen LogP contribution in [-0.2, 0) is 9.53 Å². The molecule has 23 heavy (non-hydrogen) atoms. The molecule has 0 atom stereocenters. The maximum Gasteiger partial charge on any atom is 0.416 e. The predicted octanol–water partition coefficient (Wildman–Crippen LogP) is 4.11. The number of hydrogen-bond donors (Lipinski definition) is 0. The number of halogens is 3. The quantitative estimate of drug-likeness (QED) is 0.781. The molecule has 0 amide bonds. The van der Waals surface area contributed by atoms with Crippen LogP contribution in [0.4, 0.5) is 13.2 Å². The van der Waals surface area contributed by atoms with Gasteiger partial charge in [-0.1, -0.05) is 30.3 Å². The fraction of sp³-hybridized carbons (Fsp3) is 0.235. The van der Waals surface area contributed by atoms with Crippen molar-refractivity contribution >= 4 is 22.3 Å². The summed E-state index contributed by atoms with van der Waals surface area (Å²) in [4.78, 5) is 12.2. The van der Waals surface area contributed by atoms with Gasteiger partial charge in [-0.2, -0.15) is 13.2 Å². The van der Waals surface area contributed by atoms with E-state index in [0.717, 1.165) is 5.39 Å². The van der Waals surface area contributed by atoms with E-state index in [1.807, 2.05) is 0 Å². The van der Waals surface area contributed by atoms with Crippen molar-refractivity contribution in [3.05, 3.63) is 47.5 Å². The lowest BCUT2D eigenvalue weighted by Crippen LogP contribution is -2.27. The van der Waals surface area contributed by atoms with Crippen LogP contribution < -0.4 is 4.74 Å². The minimum atomic E-state index is -4.67. The largest absolute Gasteiger partial charge is 0.488 e. The van der Waals surface area contributed by atoms with Crippen molar-refractivity contribution in [2.75, 3.05) is 13.2 Å². The molecule has 0 unspecified atom stereocenters. The summed E-state index contributed by atoms with van der Waals surface area (Å²) in [5, 5.41) is 1.24. The molecule has 2 aromatic carbocycles. The standard InChI is InChI=1S/C17H13F3O3/c1-2-22-16(21)15-12(17(18,19)20)9-23-13-8-7-10-5-3-4-6-11(10)14(13)15/h3-8H,2,9H2,1H3. The highest BCUT2D eigenvalue weighted by Crippen LogP contribution is 2.43. The molecule has 0 fully saturated rings. The molecule has 0 saturated carbocycles. The van der Waals surface area contributed by atoms with E-state index >= 15 is 0 Å². The Morgan fingerprint density at radius 1 is 1.22 bits per heavy atom. The molecule has 0 aromatic heterocycles. The normalized spacial score (nSPS) is 14.4. The SMILES string of the molecule is CCOC(=O)C1=C(C(F)(F)F)COc2ccc3ccccc3c21. The summed E-state index contributed by atoms with van der Waals surface area (Å²) in [7, 11) is 0. The second-order valence-electron chi connectivity index (χ2n) is 5.02. The molecular formula is C17H13F3O3. The van der Waals surface area contributed by atoms with Crippen molar-refractivity contribution in [3.63, 3.8) is 0 Å². The molecule has 0 N–H and O–H groups in total. The monoisotopic (exact) mass is 322 g/mol. The summed E-state index contributed by atoms with van der Waals surface area (Å²) in [6.07, 6.45) is -4.67. The third-order valence-corrected chi connectivity index (χ3v) is 3.64. The Labute approximate surface area is 130 Å². The lowest BCUT2D eigenvalue weighted by Gasteiger charge is -2.25. The Bertz CT molecular complexity index is 806. The topological polar surface area (TPSA) is 35.5 Å². The third kappa shape index (κ3) is 2.65. The number of fused-ring (bicyclic) bond motifs is 3. The van der Waals surface area contributed by atoms with Crippen molar-refractivity contribution in [1.82, 2.24) is 0 Å². The molecule has 0 bridgehead atoms. The van der Waals surface area contributed by atoms with Gasteiger partial charge in [0.05, 0.1) is 17.8 Å². The van der Waals surface area contributed by atoms with Gasteiger partial charge in [0.15, 0.2) is 0 Å². The number of alkyl halides is 3. The number of carbonyl (C=O) groups excluding carboxylic acids is 1. The second kappa shape index (κ2) is 5.61. The first kappa shape index (κ1) is 15.4. The first-order chi connectivity index (χ1) is 10.9. The number of rotatable bonds is 2. The van der Waals surface area contributed by atoms with Gasteiger partial charge in [-0.3, -0.25) is 0 Å². The van der Waals surface area contributed by atoms with Gasteiger partial charge in [-0.25, -0.2) is 4.79 Å². The highest BCUT2D eigenvalue weighted by atomic mass is 19.4. The van der Waals surface area contributed by atoms with Gasteiger partial charge in [0, 0.05) is 5.56 Å². The number of carbonyl (C=O) groups is 1. The van der Waals surface area contributed by atoms with Crippen LogP contribution in [-0.4, -0.2) is 25.4 Å². The van der Waals surface area contributed by atoms with Crippen molar-refractivity contribution in [2.24, 2.45) is 0 Å². The second-order valence-corrected chi connectivity index (χ2v) is 5.02. The lowest BCUT2D eigenvalue weighted by atomic mass is 9.91. The summed E-state index contributed by atoms with van der Waals surface area (Å²) in [5.74, 6) is -0.736. The van der Waals surface area contributed by atoms with Gasteiger partial charge < -0.3 is 9.47 Å². The van der Waals surface area contributed by atoms with Crippen LogP contribution in [0.3, 0.4) is 0 Å². The fourth-order valence-corrected chi connectivity index (χ4v) is 2.65. The summed E-state index contributed by atoms with van der Waals surface area (Å²) >= 11 is 0. The summed E-state index contributed by atoms with van der Waals surface area (Å²) in [6.45, 7) is 0.840. The van der Waals surface area contributed by atoms with Gasteiger partial charge in [-0.15, -0.1) is 0 Å². The molecule has 0 radical (unpaired) electrons. The molecule has 0 spiro atoms. The van der Waals surface area contributed by atoms with Crippen LogP contribution in [0.1, 0.15) is 12.5 Å². The maximum absolute atomic E-state index is 13.3. The average Bonchev–Trinajstić information content (AvgIpc) is 2.52. The van der Waals surface area contributed by atoms with Crippen LogP contribution in [0, 0.1) is 0 Å². The number of ether oxygens (including phenoxy) is 2. The molecular weight excluding hydrogens is 309 g/mol. The van der Waals surface area contributed by atoms with Crippen LogP contribution in [0.25, 0.3) is 16.3 Å². The Kier molecular flexibility index (Phi) is 3.75. The number of esters is 1. The Balaban J connectivity index is 2.35. The van der Waals surface area contributed by atoms with E-state index in [1.54, 1.807) is 43.3 Å². The molecule has 1 aliphatic rings. The van der Waals surface area contributed by atoms with E-state index in [0.29, 0.717) is 5.39 Å². The Hall–Kier alpha value is -2.50. The third-order valence-electron chi connectivity index (χ3n) is 3.64. The number of hydrogen-bond acceptors (Lipinski definition) is 3. The summed E-state index contributed by atoms with van der Waals surface area (Å²) in [5.41, 5.74) is -1.34. The fourth-order valence-electron chi connectivity index (χ4n) is 2.65. The van der Waals surface area contributed by atoms with Crippen molar-refractivity contribution in [1.29, 1.82) is 0 Å². The van der Waals surface area contributed by atoms with Crippen molar-refractivity contribution < 1.29 is 27.4 Å². The predicted molar refractivity (Wildman–Crippen MR) is 79.1 cm³/mol.